The zero-order chi connectivity index (χ0) is 17.6. The quantitative estimate of drug-likeness (QED) is 0.365. The van der Waals surface area contributed by atoms with Gasteiger partial charge in [-0.15, -0.1) is 0 Å². The SMILES string of the molecule is Nc1cccc(Nc2nc(N/N=C/c3ccc(F)cc3)ncc2Cl)c1. The molecule has 0 amide bonds. The van der Waals surface area contributed by atoms with Crippen molar-refractivity contribution in [3.63, 3.8) is 0 Å². The summed E-state index contributed by atoms with van der Waals surface area (Å²) >= 11 is 6.11. The molecule has 4 N–H and O–H groups in total. The first-order chi connectivity index (χ1) is 12.1. The van der Waals surface area contributed by atoms with E-state index in [-0.39, 0.29) is 11.8 Å². The van der Waals surface area contributed by atoms with E-state index >= 15 is 0 Å². The van der Waals surface area contributed by atoms with Gasteiger partial charge in [-0.25, -0.2) is 14.8 Å². The molecule has 25 heavy (non-hydrogen) atoms. The van der Waals surface area contributed by atoms with Gasteiger partial charge in [0, 0.05) is 11.4 Å². The predicted molar refractivity (Wildman–Crippen MR) is 98.8 cm³/mol. The monoisotopic (exact) mass is 356 g/mol. The number of nitrogens with zero attached hydrogens (tertiary/aromatic N) is 3. The van der Waals surface area contributed by atoms with Crippen molar-refractivity contribution in [3.05, 3.63) is 71.1 Å². The second-order valence-corrected chi connectivity index (χ2v) is 5.47. The largest absolute Gasteiger partial charge is 0.399 e. The van der Waals surface area contributed by atoms with Gasteiger partial charge in [0.25, 0.3) is 0 Å². The van der Waals surface area contributed by atoms with Crippen LogP contribution in [-0.2, 0) is 0 Å². The highest BCUT2D eigenvalue weighted by molar-refractivity contribution is 6.32. The van der Waals surface area contributed by atoms with Crippen molar-refractivity contribution >= 4 is 41.0 Å². The molecule has 3 aromatic rings. The van der Waals surface area contributed by atoms with Crippen molar-refractivity contribution in [3.8, 4) is 0 Å². The Kier molecular flexibility index (Phi) is 5.06. The molecule has 0 radical (unpaired) electrons. The Hall–Kier alpha value is -3.19. The van der Waals surface area contributed by atoms with Crippen LogP contribution >= 0.6 is 11.6 Å². The maximum atomic E-state index is 12.9. The Bertz CT molecular complexity index is 898. The van der Waals surface area contributed by atoms with Gasteiger partial charge in [-0.05, 0) is 35.9 Å². The van der Waals surface area contributed by atoms with Crippen LogP contribution in [0.4, 0.5) is 27.5 Å². The van der Waals surface area contributed by atoms with Crippen molar-refractivity contribution < 1.29 is 4.39 Å². The summed E-state index contributed by atoms with van der Waals surface area (Å²) in [5.41, 5.74) is 10.6. The number of halogens is 2. The van der Waals surface area contributed by atoms with Crippen LogP contribution in [0.5, 0.6) is 0 Å². The first-order valence-electron chi connectivity index (χ1n) is 7.30. The molecule has 0 fully saturated rings. The smallest absolute Gasteiger partial charge is 0.245 e. The average molecular weight is 357 g/mol. The fraction of sp³-hybridized carbons (Fsp3) is 0. The molecule has 126 valence electrons. The zero-order valence-corrected chi connectivity index (χ0v) is 13.7. The van der Waals surface area contributed by atoms with Crippen molar-refractivity contribution in [2.75, 3.05) is 16.5 Å². The lowest BCUT2D eigenvalue weighted by Crippen LogP contribution is -2.01. The molecule has 0 aliphatic rings. The number of nitrogen functional groups attached to an aromatic ring is 1. The molecule has 1 aromatic heterocycles. The molecule has 2 aromatic carbocycles. The average Bonchev–Trinajstić information content (AvgIpc) is 2.59. The van der Waals surface area contributed by atoms with Crippen LogP contribution in [-0.4, -0.2) is 16.2 Å². The van der Waals surface area contributed by atoms with E-state index in [1.807, 2.05) is 12.1 Å². The summed E-state index contributed by atoms with van der Waals surface area (Å²) in [5, 5.41) is 7.45. The third-order valence-corrected chi connectivity index (χ3v) is 3.42. The lowest BCUT2D eigenvalue weighted by atomic mass is 10.2. The van der Waals surface area contributed by atoms with E-state index in [2.05, 4.69) is 25.8 Å². The lowest BCUT2D eigenvalue weighted by Gasteiger charge is -2.09. The van der Waals surface area contributed by atoms with Gasteiger partial charge in [0.1, 0.15) is 10.8 Å². The third kappa shape index (κ3) is 4.65. The Morgan fingerprint density at radius 1 is 1.16 bits per heavy atom. The maximum Gasteiger partial charge on any atom is 0.245 e. The van der Waals surface area contributed by atoms with Gasteiger partial charge >= 0.3 is 0 Å². The summed E-state index contributed by atoms with van der Waals surface area (Å²) in [4.78, 5) is 8.31. The minimum Gasteiger partial charge on any atom is -0.399 e. The van der Waals surface area contributed by atoms with Crippen molar-refractivity contribution in [1.29, 1.82) is 0 Å². The van der Waals surface area contributed by atoms with Crippen LogP contribution in [0.2, 0.25) is 5.02 Å². The number of aromatic nitrogens is 2. The summed E-state index contributed by atoms with van der Waals surface area (Å²) in [7, 11) is 0. The van der Waals surface area contributed by atoms with Gasteiger partial charge in [0.15, 0.2) is 5.82 Å². The normalized spacial score (nSPS) is 10.8. The van der Waals surface area contributed by atoms with Gasteiger partial charge in [-0.1, -0.05) is 29.8 Å². The molecule has 0 aliphatic heterocycles. The summed E-state index contributed by atoms with van der Waals surface area (Å²) in [6.45, 7) is 0. The summed E-state index contributed by atoms with van der Waals surface area (Å²) in [6, 6.07) is 13.1. The van der Waals surface area contributed by atoms with Crippen LogP contribution in [0.1, 0.15) is 5.56 Å². The number of hydrazone groups is 1. The van der Waals surface area contributed by atoms with Gasteiger partial charge in [0.05, 0.1) is 12.4 Å². The molecule has 0 spiro atoms. The molecule has 0 aliphatic carbocycles. The van der Waals surface area contributed by atoms with Crippen LogP contribution in [0.15, 0.2) is 59.8 Å². The standard InChI is InChI=1S/C17H14ClFN6/c18-15-10-21-17(25-22-9-11-4-6-12(19)7-5-11)24-16(15)23-14-3-1-2-13(20)8-14/h1-10H,20H2,(H2,21,23,24,25)/b22-9+. The number of hydrogen-bond acceptors (Lipinski definition) is 6. The molecular weight excluding hydrogens is 343 g/mol. The molecule has 0 saturated carbocycles. The summed E-state index contributed by atoms with van der Waals surface area (Å²) in [5.74, 6) is 0.374. The van der Waals surface area contributed by atoms with Crippen LogP contribution in [0, 0.1) is 5.82 Å². The van der Waals surface area contributed by atoms with E-state index in [0.29, 0.717) is 16.5 Å². The number of nitrogens with one attached hydrogen (secondary N) is 2. The highest BCUT2D eigenvalue weighted by Gasteiger charge is 2.06. The second-order valence-electron chi connectivity index (χ2n) is 5.06. The van der Waals surface area contributed by atoms with Crippen LogP contribution in [0.3, 0.4) is 0 Å². The Balaban J connectivity index is 1.71. The molecule has 6 nitrogen and oxygen atoms in total. The zero-order valence-electron chi connectivity index (χ0n) is 12.9. The van der Waals surface area contributed by atoms with Crippen molar-refractivity contribution in [2.24, 2.45) is 5.10 Å². The molecule has 0 bridgehead atoms. The van der Waals surface area contributed by atoms with Crippen molar-refractivity contribution in [1.82, 2.24) is 9.97 Å². The van der Waals surface area contributed by atoms with Gasteiger partial charge in [0.2, 0.25) is 5.95 Å². The number of hydrogen-bond donors (Lipinski definition) is 3. The maximum absolute atomic E-state index is 12.9. The highest BCUT2D eigenvalue weighted by atomic mass is 35.5. The lowest BCUT2D eigenvalue weighted by molar-refractivity contribution is 0.628. The molecule has 0 atom stereocenters. The Morgan fingerprint density at radius 2 is 1.96 bits per heavy atom. The number of nitrogens with two attached hydrogens (primary N) is 1. The molecule has 0 saturated heterocycles. The minimum absolute atomic E-state index is 0.258. The fourth-order valence-electron chi connectivity index (χ4n) is 1.98. The number of anilines is 4. The van der Waals surface area contributed by atoms with E-state index < -0.39 is 0 Å². The topological polar surface area (TPSA) is 88.2 Å². The molecular formula is C17H14ClFN6. The van der Waals surface area contributed by atoms with Gasteiger partial charge in [-0.3, -0.25) is 0 Å². The second kappa shape index (κ2) is 7.59. The van der Waals surface area contributed by atoms with E-state index in [4.69, 9.17) is 17.3 Å². The Morgan fingerprint density at radius 3 is 2.72 bits per heavy atom. The van der Waals surface area contributed by atoms with Crippen molar-refractivity contribution in [2.45, 2.75) is 0 Å². The van der Waals surface area contributed by atoms with Crippen LogP contribution in [0.25, 0.3) is 0 Å². The Labute approximate surface area is 148 Å². The van der Waals surface area contributed by atoms with E-state index in [1.54, 1.807) is 24.3 Å². The predicted octanol–water partition coefficient (Wildman–Crippen LogP) is 4.04. The van der Waals surface area contributed by atoms with E-state index in [0.717, 1.165) is 11.3 Å². The first-order valence-corrected chi connectivity index (χ1v) is 7.68. The molecule has 0 unspecified atom stereocenters. The molecule has 3 rings (SSSR count). The number of rotatable bonds is 5. The minimum atomic E-state index is -0.302. The van der Waals surface area contributed by atoms with Gasteiger partial charge in [-0.2, -0.15) is 10.1 Å². The summed E-state index contributed by atoms with van der Waals surface area (Å²) < 4.78 is 12.9. The third-order valence-electron chi connectivity index (χ3n) is 3.14. The fourth-order valence-corrected chi connectivity index (χ4v) is 2.11. The van der Waals surface area contributed by atoms with E-state index in [1.165, 1.54) is 24.5 Å². The summed E-state index contributed by atoms with van der Waals surface area (Å²) in [6.07, 6.45) is 2.99. The van der Waals surface area contributed by atoms with E-state index in [9.17, 15) is 4.39 Å². The van der Waals surface area contributed by atoms with Gasteiger partial charge < -0.3 is 11.1 Å². The highest BCUT2D eigenvalue weighted by Crippen LogP contribution is 2.24. The molecule has 8 heteroatoms. The number of benzene rings is 2. The first kappa shape index (κ1) is 16.7. The van der Waals surface area contributed by atoms with Crippen LogP contribution < -0.4 is 16.5 Å². The molecule has 1 heterocycles.